The zero-order valence-electron chi connectivity index (χ0n) is 27.6. The summed E-state index contributed by atoms with van der Waals surface area (Å²) in [5.74, 6) is 0.992. The van der Waals surface area contributed by atoms with Crippen LogP contribution in [-0.2, 0) is 18.9 Å². The number of nitrogens with zero attached hydrogens (tertiary/aromatic N) is 3. The van der Waals surface area contributed by atoms with Gasteiger partial charge in [0.05, 0.1) is 28.7 Å². The predicted octanol–water partition coefficient (Wildman–Crippen LogP) is 8.00. The number of rotatable bonds is 12. The van der Waals surface area contributed by atoms with Gasteiger partial charge in [-0.1, -0.05) is 72.8 Å². The van der Waals surface area contributed by atoms with E-state index in [2.05, 4.69) is 0 Å². The molecule has 0 aliphatic heterocycles. The molecule has 0 saturated carbocycles. The molecule has 50 heavy (non-hydrogen) atoms. The van der Waals surface area contributed by atoms with Gasteiger partial charge in [-0.25, -0.2) is 18.7 Å². The lowest BCUT2D eigenvalue weighted by atomic mass is 10.2. The minimum atomic E-state index is -0.547. The Labute approximate surface area is 287 Å². The van der Waals surface area contributed by atoms with Gasteiger partial charge in [-0.15, -0.1) is 0 Å². The van der Waals surface area contributed by atoms with Crippen molar-refractivity contribution in [2.75, 3.05) is 52.6 Å². The molecule has 0 spiro atoms. The maximum atomic E-state index is 13.0. The molecule has 0 radical (unpaired) electrons. The van der Waals surface area contributed by atoms with Crippen LogP contribution in [0, 0.1) is 0 Å². The molecule has 0 atom stereocenters. The first kappa shape index (κ1) is 32.5. The fourth-order valence-corrected chi connectivity index (χ4v) is 5.94. The van der Waals surface area contributed by atoms with Crippen molar-refractivity contribution in [1.82, 2.24) is 9.13 Å². The van der Waals surface area contributed by atoms with E-state index in [0.717, 1.165) is 49.3 Å². The number of aromatic nitrogens is 2. The van der Waals surface area contributed by atoms with E-state index in [0.29, 0.717) is 11.5 Å². The van der Waals surface area contributed by atoms with Crippen molar-refractivity contribution in [2.24, 2.45) is 0 Å². The molecule has 11 heteroatoms. The van der Waals surface area contributed by atoms with Crippen LogP contribution >= 0.6 is 0 Å². The lowest BCUT2D eigenvalue weighted by Crippen LogP contribution is -2.17. The van der Waals surface area contributed by atoms with Crippen LogP contribution in [0.15, 0.2) is 115 Å². The summed E-state index contributed by atoms with van der Waals surface area (Å²) < 4.78 is 36.8. The van der Waals surface area contributed by atoms with Crippen LogP contribution < -0.4 is 14.4 Å². The molecule has 0 aliphatic carbocycles. The fraction of sp³-hybridized carbons (Fsp3) is 0.179. The minimum absolute atomic E-state index is 0.0494. The number of carbonyl (C=O) groups excluding carboxylic acids is 2. The Morgan fingerprint density at radius 2 is 0.940 bits per heavy atom. The number of benzene rings is 5. The Morgan fingerprint density at radius 1 is 0.520 bits per heavy atom. The topological polar surface area (TPSA) is 103 Å². The van der Waals surface area contributed by atoms with E-state index in [1.807, 2.05) is 128 Å². The molecular weight excluding hydrogens is 638 g/mol. The molecule has 0 amide bonds. The van der Waals surface area contributed by atoms with Gasteiger partial charge in [-0.3, -0.25) is 0 Å². The number of anilines is 1. The minimum Gasteiger partial charge on any atom is -0.467 e. The summed E-state index contributed by atoms with van der Waals surface area (Å²) >= 11 is 0. The van der Waals surface area contributed by atoms with Gasteiger partial charge in [0.25, 0.3) is 0 Å². The third-order valence-electron chi connectivity index (χ3n) is 8.24. The second kappa shape index (κ2) is 14.6. The van der Waals surface area contributed by atoms with Crippen LogP contribution in [-0.4, -0.2) is 69.0 Å². The standard InChI is InChI=1S/C39H35N3O8/c1-40(2)27-21-28(48-24-45-19-20-47-38(43)41-34-15-7-3-11-30(34)31-12-4-8-16-35(31)41)23-29(22-27)49-25-46-26-50-39(44)42-36-17-9-5-13-32(36)33-14-6-10-18-37(33)42/h3-18,21-23H,19-20,24-26H2,1-2H3. The number of ether oxygens (including phenoxy) is 6. The molecule has 5 aromatic carbocycles. The maximum Gasteiger partial charge on any atom is 0.421 e. The van der Waals surface area contributed by atoms with Crippen LogP contribution in [0.3, 0.4) is 0 Å². The summed E-state index contributed by atoms with van der Waals surface area (Å²) in [5.41, 5.74) is 3.91. The highest BCUT2D eigenvalue weighted by atomic mass is 16.7. The molecule has 7 rings (SSSR count). The Bertz CT molecular complexity index is 2200. The SMILES string of the molecule is CN(C)c1cc(OCOCCOC(=O)n2c3ccccc3c3ccccc32)cc(OCOCOC(=O)n2c3ccccc3c3ccccc32)c1. The van der Waals surface area contributed by atoms with E-state index < -0.39 is 12.2 Å². The highest BCUT2D eigenvalue weighted by molar-refractivity contribution is 6.13. The molecule has 0 N–H and O–H groups in total. The first-order valence-electron chi connectivity index (χ1n) is 16.0. The van der Waals surface area contributed by atoms with Gasteiger partial charge in [0.15, 0.2) is 20.4 Å². The summed E-state index contributed by atoms with van der Waals surface area (Å²) in [6.07, 6.45) is -1.02. The Hall–Kier alpha value is -6.04. The zero-order valence-corrected chi connectivity index (χ0v) is 27.6. The molecule has 0 saturated heterocycles. The van der Waals surface area contributed by atoms with E-state index >= 15 is 0 Å². The number of fused-ring (bicyclic) bond motifs is 6. The molecule has 2 aromatic heterocycles. The average Bonchev–Trinajstić information content (AvgIpc) is 3.66. The Balaban J connectivity index is 0.882. The van der Waals surface area contributed by atoms with Crippen molar-refractivity contribution in [3.05, 3.63) is 115 Å². The van der Waals surface area contributed by atoms with E-state index in [9.17, 15) is 9.59 Å². The summed E-state index contributed by atoms with van der Waals surface area (Å²) in [6, 6.07) is 36.2. The molecule has 2 heterocycles. The van der Waals surface area contributed by atoms with Gasteiger partial charge in [0.2, 0.25) is 0 Å². The Kier molecular flexibility index (Phi) is 9.50. The normalized spacial score (nSPS) is 11.3. The van der Waals surface area contributed by atoms with Gasteiger partial charge in [0.1, 0.15) is 18.1 Å². The third-order valence-corrected chi connectivity index (χ3v) is 8.24. The van der Waals surface area contributed by atoms with E-state index in [-0.39, 0.29) is 33.6 Å². The van der Waals surface area contributed by atoms with Crippen LogP contribution in [0.2, 0.25) is 0 Å². The van der Waals surface area contributed by atoms with Crippen molar-refractivity contribution >= 4 is 61.5 Å². The lowest BCUT2D eigenvalue weighted by Gasteiger charge is -2.17. The highest BCUT2D eigenvalue weighted by Crippen LogP contribution is 2.31. The molecule has 0 aliphatic rings. The summed E-state index contributed by atoms with van der Waals surface area (Å²) in [7, 11) is 3.80. The van der Waals surface area contributed by atoms with Crippen LogP contribution in [0.5, 0.6) is 11.5 Å². The summed E-state index contributed by atoms with van der Waals surface area (Å²) in [6.45, 7) is -0.344. The first-order chi connectivity index (χ1) is 24.5. The van der Waals surface area contributed by atoms with Gasteiger partial charge in [0, 0.05) is 59.5 Å². The van der Waals surface area contributed by atoms with E-state index in [4.69, 9.17) is 28.4 Å². The second-order valence-corrected chi connectivity index (χ2v) is 11.6. The second-order valence-electron chi connectivity index (χ2n) is 11.6. The predicted molar refractivity (Wildman–Crippen MR) is 191 cm³/mol. The fourth-order valence-electron chi connectivity index (χ4n) is 5.94. The van der Waals surface area contributed by atoms with Crippen molar-refractivity contribution in [3.63, 3.8) is 0 Å². The molecule has 11 nitrogen and oxygen atoms in total. The smallest absolute Gasteiger partial charge is 0.421 e. The van der Waals surface area contributed by atoms with Gasteiger partial charge in [-0.2, -0.15) is 0 Å². The zero-order chi connectivity index (χ0) is 34.5. The number of carbonyl (C=O) groups is 2. The largest absolute Gasteiger partial charge is 0.467 e. The average molecular weight is 674 g/mol. The molecular formula is C39H35N3O8. The lowest BCUT2D eigenvalue weighted by molar-refractivity contribution is -0.0700. The molecule has 0 fully saturated rings. The number of hydrogen-bond donors (Lipinski definition) is 0. The van der Waals surface area contributed by atoms with Crippen LogP contribution in [0.1, 0.15) is 0 Å². The van der Waals surface area contributed by atoms with Gasteiger partial charge < -0.3 is 33.3 Å². The summed E-state index contributed by atoms with van der Waals surface area (Å²) in [4.78, 5) is 28.0. The first-order valence-corrected chi connectivity index (χ1v) is 16.0. The van der Waals surface area contributed by atoms with E-state index in [1.165, 1.54) is 4.57 Å². The molecule has 0 bridgehead atoms. The molecule has 0 unspecified atom stereocenters. The van der Waals surface area contributed by atoms with Crippen molar-refractivity contribution in [2.45, 2.75) is 0 Å². The van der Waals surface area contributed by atoms with Crippen LogP contribution in [0.25, 0.3) is 43.6 Å². The highest BCUT2D eigenvalue weighted by Gasteiger charge is 2.18. The van der Waals surface area contributed by atoms with Crippen molar-refractivity contribution in [1.29, 1.82) is 0 Å². The third kappa shape index (κ3) is 6.64. The molecule has 254 valence electrons. The Morgan fingerprint density at radius 3 is 1.40 bits per heavy atom. The van der Waals surface area contributed by atoms with Gasteiger partial charge >= 0.3 is 12.2 Å². The summed E-state index contributed by atoms with van der Waals surface area (Å²) in [5, 5.41) is 3.90. The van der Waals surface area contributed by atoms with Crippen molar-refractivity contribution in [3.8, 4) is 11.5 Å². The van der Waals surface area contributed by atoms with E-state index in [1.54, 1.807) is 10.6 Å². The van der Waals surface area contributed by atoms with Crippen molar-refractivity contribution < 1.29 is 38.0 Å². The van der Waals surface area contributed by atoms with Crippen LogP contribution in [0.4, 0.5) is 15.3 Å². The number of para-hydroxylation sites is 4. The van der Waals surface area contributed by atoms with Gasteiger partial charge in [-0.05, 0) is 24.3 Å². The number of hydrogen-bond acceptors (Lipinski definition) is 9. The maximum absolute atomic E-state index is 13.0. The monoisotopic (exact) mass is 673 g/mol. The quantitative estimate of drug-likeness (QED) is 0.0943. The molecule has 7 aromatic rings.